The fourth-order valence-electron chi connectivity index (χ4n) is 2.11. The van der Waals surface area contributed by atoms with Gasteiger partial charge in [0.15, 0.2) is 0 Å². The van der Waals surface area contributed by atoms with Crippen LogP contribution in [0.25, 0.3) is 0 Å². The average Bonchev–Trinajstić information content (AvgIpc) is 2.24. The Morgan fingerprint density at radius 2 is 2.25 bits per heavy atom. The van der Waals surface area contributed by atoms with E-state index in [9.17, 15) is 4.79 Å². The summed E-state index contributed by atoms with van der Waals surface area (Å²) in [7, 11) is 2.13. The number of likely N-dealkylation sites (tertiary alicyclic amines) is 1. The van der Waals surface area contributed by atoms with Gasteiger partial charge in [-0.15, -0.1) is 0 Å². The second-order valence-corrected chi connectivity index (χ2v) is 5.29. The summed E-state index contributed by atoms with van der Waals surface area (Å²) in [5.41, 5.74) is 5.78. The van der Waals surface area contributed by atoms with Crippen LogP contribution in [-0.2, 0) is 4.79 Å². The van der Waals surface area contributed by atoms with Crippen molar-refractivity contribution in [3.63, 3.8) is 0 Å². The van der Waals surface area contributed by atoms with Crippen molar-refractivity contribution < 1.29 is 4.79 Å². The zero-order valence-electron chi connectivity index (χ0n) is 10.7. The Morgan fingerprint density at radius 3 is 2.81 bits per heavy atom. The second kappa shape index (κ2) is 6.21. The lowest BCUT2D eigenvalue weighted by Gasteiger charge is -2.30. The lowest BCUT2D eigenvalue weighted by atomic mass is 9.98. The number of nitrogens with two attached hydrogens (primary N) is 1. The number of nitrogens with one attached hydrogen (secondary N) is 1. The van der Waals surface area contributed by atoms with Crippen molar-refractivity contribution in [3.8, 4) is 0 Å². The van der Waals surface area contributed by atoms with Crippen molar-refractivity contribution in [1.29, 1.82) is 0 Å². The fraction of sp³-hybridized carbons (Fsp3) is 0.917. The molecule has 2 unspecified atom stereocenters. The Labute approximate surface area is 98.6 Å². The zero-order valence-corrected chi connectivity index (χ0v) is 10.7. The Bertz CT molecular complexity index is 230. The topological polar surface area (TPSA) is 58.4 Å². The lowest BCUT2D eigenvalue weighted by Crippen LogP contribution is -2.47. The number of carbonyl (C=O) groups is 1. The number of nitrogens with zero attached hydrogens (tertiary/aromatic N) is 1. The van der Waals surface area contributed by atoms with E-state index in [1.165, 1.54) is 19.4 Å². The molecule has 0 aromatic carbocycles. The molecule has 0 aromatic rings. The highest BCUT2D eigenvalue weighted by atomic mass is 16.2. The van der Waals surface area contributed by atoms with E-state index < -0.39 is 0 Å². The van der Waals surface area contributed by atoms with Crippen LogP contribution in [0.4, 0.5) is 0 Å². The maximum Gasteiger partial charge on any atom is 0.237 e. The minimum Gasteiger partial charge on any atom is -0.354 e. The van der Waals surface area contributed by atoms with E-state index in [0.29, 0.717) is 5.92 Å². The Hall–Kier alpha value is -0.610. The van der Waals surface area contributed by atoms with Gasteiger partial charge in [-0.1, -0.05) is 13.8 Å². The molecule has 2 atom stereocenters. The third-order valence-electron chi connectivity index (χ3n) is 3.31. The first-order chi connectivity index (χ1) is 7.50. The molecule has 1 rings (SSSR count). The predicted octanol–water partition coefficient (Wildman–Crippen LogP) is 0.428. The minimum atomic E-state index is -0.374. The van der Waals surface area contributed by atoms with Gasteiger partial charge in [0, 0.05) is 13.1 Å². The molecular formula is C12H25N3O. The maximum atomic E-state index is 11.7. The van der Waals surface area contributed by atoms with E-state index in [1.807, 2.05) is 13.8 Å². The molecule has 1 aliphatic rings. The van der Waals surface area contributed by atoms with Gasteiger partial charge in [0.1, 0.15) is 0 Å². The minimum absolute atomic E-state index is 0.0109. The summed E-state index contributed by atoms with van der Waals surface area (Å²) in [6.07, 6.45) is 2.44. The van der Waals surface area contributed by atoms with Crippen LogP contribution in [0.2, 0.25) is 0 Å². The molecule has 0 spiro atoms. The number of hydrogen-bond donors (Lipinski definition) is 2. The molecular weight excluding hydrogens is 202 g/mol. The molecule has 1 heterocycles. The molecule has 16 heavy (non-hydrogen) atoms. The summed E-state index contributed by atoms with van der Waals surface area (Å²) in [6.45, 7) is 6.97. The van der Waals surface area contributed by atoms with E-state index in [4.69, 9.17) is 5.73 Å². The molecule has 94 valence electrons. The molecule has 1 amide bonds. The highest BCUT2D eigenvalue weighted by molar-refractivity contribution is 5.81. The first-order valence-electron chi connectivity index (χ1n) is 6.22. The van der Waals surface area contributed by atoms with Crippen LogP contribution in [0, 0.1) is 11.8 Å². The predicted molar refractivity (Wildman–Crippen MR) is 66.0 cm³/mol. The van der Waals surface area contributed by atoms with E-state index in [0.717, 1.165) is 13.1 Å². The van der Waals surface area contributed by atoms with Crippen LogP contribution in [0.15, 0.2) is 0 Å². The van der Waals surface area contributed by atoms with Crippen LogP contribution < -0.4 is 11.1 Å². The van der Waals surface area contributed by atoms with Crippen LogP contribution in [0.5, 0.6) is 0 Å². The molecule has 4 heteroatoms. The Morgan fingerprint density at radius 1 is 1.56 bits per heavy atom. The number of hydrogen-bond acceptors (Lipinski definition) is 3. The second-order valence-electron chi connectivity index (χ2n) is 5.29. The van der Waals surface area contributed by atoms with Crippen molar-refractivity contribution in [2.24, 2.45) is 17.6 Å². The molecule has 0 bridgehead atoms. The maximum absolute atomic E-state index is 11.7. The van der Waals surface area contributed by atoms with Gasteiger partial charge < -0.3 is 16.0 Å². The van der Waals surface area contributed by atoms with E-state index in [2.05, 4.69) is 17.3 Å². The molecule has 1 aliphatic heterocycles. The Kier molecular flexibility index (Phi) is 5.22. The van der Waals surface area contributed by atoms with Crippen molar-refractivity contribution in [3.05, 3.63) is 0 Å². The number of amides is 1. The van der Waals surface area contributed by atoms with Crippen molar-refractivity contribution >= 4 is 5.91 Å². The highest BCUT2D eigenvalue weighted by Crippen LogP contribution is 2.13. The van der Waals surface area contributed by atoms with Gasteiger partial charge in [-0.25, -0.2) is 0 Å². The summed E-state index contributed by atoms with van der Waals surface area (Å²) in [4.78, 5) is 14.0. The van der Waals surface area contributed by atoms with Gasteiger partial charge in [-0.05, 0) is 38.3 Å². The van der Waals surface area contributed by atoms with Crippen LogP contribution in [-0.4, -0.2) is 43.5 Å². The number of rotatable bonds is 4. The summed E-state index contributed by atoms with van der Waals surface area (Å²) in [5.74, 6) is 0.777. The van der Waals surface area contributed by atoms with Gasteiger partial charge in [0.05, 0.1) is 6.04 Å². The number of carbonyl (C=O) groups excluding carboxylic acids is 1. The summed E-state index contributed by atoms with van der Waals surface area (Å²) in [5, 5.41) is 2.96. The molecule has 0 aromatic heterocycles. The quantitative estimate of drug-likeness (QED) is 0.732. The summed E-state index contributed by atoms with van der Waals surface area (Å²) in [6, 6.07) is -0.374. The third-order valence-corrected chi connectivity index (χ3v) is 3.31. The van der Waals surface area contributed by atoms with Gasteiger partial charge in [0.2, 0.25) is 5.91 Å². The lowest BCUT2D eigenvalue weighted by molar-refractivity contribution is -0.123. The van der Waals surface area contributed by atoms with Crippen LogP contribution >= 0.6 is 0 Å². The van der Waals surface area contributed by atoms with Gasteiger partial charge >= 0.3 is 0 Å². The van der Waals surface area contributed by atoms with Gasteiger partial charge in [-0.2, -0.15) is 0 Å². The van der Waals surface area contributed by atoms with Crippen LogP contribution in [0.3, 0.4) is 0 Å². The monoisotopic (exact) mass is 227 g/mol. The molecule has 4 nitrogen and oxygen atoms in total. The van der Waals surface area contributed by atoms with Crippen molar-refractivity contribution in [2.45, 2.75) is 32.7 Å². The zero-order chi connectivity index (χ0) is 12.1. The first-order valence-corrected chi connectivity index (χ1v) is 6.22. The standard InChI is InChI=1S/C12H25N3O/c1-9(2)11(13)12(16)14-7-10-5-4-6-15(3)8-10/h9-11H,4-8,13H2,1-3H3,(H,14,16). The summed E-state index contributed by atoms with van der Waals surface area (Å²) < 4.78 is 0. The molecule has 3 N–H and O–H groups in total. The van der Waals surface area contributed by atoms with E-state index in [1.54, 1.807) is 0 Å². The first kappa shape index (κ1) is 13.5. The molecule has 0 radical (unpaired) electrons. The van der Waals surface area contributed by atoms with Crippen molar-refractivity contribution in [2.75, 3.05) is 26.7 Å². The molecule has 1 fully saturated rings. The third kappa shape index (κ3) is 4.10. The van der Waals surface area contributed by atoms with E-state index in [-0.39, 0.29) is 17.9 Å². The number of piperidine rings is 1. The Balaban J connectivity index is 2.25. The van der Waals surface area contributed by atoms with Gasteiger partial charge in [0.25, 0.3) is 0 Å². The largest absolute Gasteiger partial charge is 0.354 e. The van der Waals surface area contributed by atoms with Crippen LogP contribution in [0.1, 0.15) is 26.7 Å². The van der Waals surface area contributed by atoms with Crippen molar-refractivity contribution in [1.82, 2.24) is 10.2 Å². The summed E-state index contributed by atoms with van der Waals surface area (Å²) >= 11 is 0. The van der Waals surface area contributed by atoms with E-state index >= 15 is 0 Å². The fourth-order valence-corrected chi connectivity index (χ4v) is 2.11. The molecule has 1 saturated heterocycles. The SMILES string of the molecule is CC(C)C(N)C(=O)NCC1CCCN(C)C1. The molecule has 0 saturated carbocycles. The molecule has 0 aliphatic carbocycles. The smallest absolute Gasteiger partial charge is 0.237 e. The normalized spacial score (nSPS) is 24.4. The van der Waals surface area contributed by atoms with Gasteiger partial charge in [-0.3, -0.25) is 4.79 Å². The average molecular weight is 227 g/mol. The highest BCUT2D eigenvalue weighted by Gasteiger charge is 2.20.